The molecule has 0 fully saturated rings. The summed E-state index contributed by atoms with van der Waals surface area (Å²) >= 11 is 3.30. The third-order valence-electron chi connectivity index (χ3n) is 3.99. The standard InChI is InChI=1S/C17H23BrN2O4/c1-3-17(4-2,11-15(22)23)20-14(21)9-10-19-16(24)12-5-7-13(18)8-6-12/h5-8H,3-4,9-11H2,1-2H3,(H,19,24)(H,20,21)(H,22,23). The van der Waals surface area contributed by atoms with E-state index in [1.807, 2.05) is 13.8 Å². The van der Waals surface area contributed by atoms with Crippen molar-refractivity contribution < 1.29 is 19.5 Å². The van der Waals surface area contributed by atoms with Crippen LogP contribution in [0.3, 0.4) is 0 Å². The van der Waals surface area contributed by atoms with E-state index in [-0.39, 0.29) is 31.2 Å². The summed E-state index contributed by atoms with van der Waals surface area (Å²) in [5.74, 6) is -1.46. The highest BCUT2D eigenvalue weighted by atomic mass is 79.9. The predicted octanol–water partition coefficient (Wildman–Crippen LogP) is 2.72. The maximum Gasteiger partial charge on any atom is 0.305 e. The van der Waals surface area contributed by atoms with Crippen molar-refractivity contribution in [1.29, 1.82) is 0 Å². The number of carboxylic acids is 1. The van der Waals surface area contributed by atoms with E-state index in [0.29, 0.717) is 18.4 Å². The zero-order valence-electron chi connectivity index (χ0n) is 13.9. The average molecular weight is 399 g/mol. The van der Waals surface area contributed by atoms with Gasteiger partial charge in [0.05, 0.1) is 6.42 Å². The fourth-order valence-electron chi connectivity index (χ4n) is 2.36. The van der Waals surface area contributed by atoms with Gasteiger partial charge >= 0.3 is 5.97 Å². The van der Waals surface area contributed by atoms with Crippen molar-refractivity contribution in [3.8, 4) is 0 Å². The molecule has 1 aromatic carbocycles. The lowest BCUT2D eigenvalue weighted by atomic mass is 9.89. The van der Waals surface area contributed by atoms with E-state index in [1.54, 1.807) is 24.3 Å². The Morgan fingerprint density at radius 2 is 1.71 bits per heavy atom. The van der Waals surface area contributed by atoms with Gasteiger partial charge in [-0.15, -0.1) is 0 Å². The molecule has 0 aliphatic heterocycles. The Morgan fingerprint density at radius 3 is 2.21 bits per heavy atom. The van der Waals surface area contributed by atoms with Gasteiger partial charge in [-0.2, -0.15) is 0 Å². The molecule has 6 nitrogen and oxygen atoms in total. The molecular formula is C17H23BrN2O4. The first-order chi connectivity index (χ1) is 11.3. The summed E-state index contributed by atoms with van der Waals surface area (Å²) in [6.07, 6.45) is 1.06. The lowest BCUT2D eigenvalue weighted by Gasteiger charge is -2.31. The molecule has 0 saturated carbocycles. The van der Waals surface area contributed by atoms with E-state index in [9.17, 15) is 14.4 Å². The highest BCUT2D eigenvalue weighted by Gasteiger charge is 2.30. The summed E-state index contributed by atoms with van der Waals surface area (Å²) < 4.78 is 0.882. The van der Waals surface area contributed by atoms with E-state index < -0.39 is 11.5 Å². The zero-order valence-corrected chi connectivity index (χ0v) is 15.5. The van der Waals surface area contributed by atoms with Crippen LogP contribution in [0.25, 0.3) is 0 Å². The number of carboxylic acid groups (broad SMARTS) is 1. The predicted molar refractivity (Wildman–Crippen MR) is 94.8 cm³/mol. The van der Waals surface area contributed by atoms with E-state index in [2.05, 4.69) is 26.6 Å². The van der Waals surface area contributed by atoms with Crippen LogP contribution in [0.2, 0.25) is 0 Å². The first-order valence-electron chi connectivity index (χ1n) is 7.88. The van der Waals surface area contributed by atoms with E-state index in [4.69, 9.17) is 5.11 Å². The first kappa shape index (κ1) is 20.2. The van der Waals surface area contributed by atoms with Crippen LogP contribution in [0.15, 0.2) is 28.7 Å². The molecule has 132 valence electrons. The molecule has 0 atom stereocenters. The maximum atomic E-state index is 12.1. The molecule has 0 aromatic heterocycles. The molecule has 1 rings (SSSR count). The molecule has 1 aromatic rings. The van der Waals surface area contributed by atoms with E-state index >= 15 is 0 Å². The van der Waals surface area contributed by atoms with Crippen LogP contribution in [0, 0.1) is 0 Å². The largest absolute Gasteiger partial charge is 0.481 e. The van der Waals surface area contributed by atoms with Crippen LogP contribution in [-0.4, -0.2) is 35.0 Å². The number of amides is 2. The maximum absolute atomic E-state index is 12.1. The Bertz CT molecular complexity index is 583. The van der Waals surface area contributed by atoms with E-state index in [1.165, 1.54) is 0 Å². The van der Waals surface area contributed by atoms with Crippen molar-refractivity contribution in [3.63, 3.8) is 0 Å². The summed E-state index contributed by atoms with van der Waals surface area (Å²) in [5, 5.41) is 14.5. The van der Waals surface area contributed by atoms with Crippen molar-refractivity contribution in [2.45, 2.75) is 45.1 Å². The summed E-state index contributed by atoms with van der Waals surface area (Å²) in [4.78, 5) is 35.0. The fourth-order valence-corrected chi connectivity index (χ4v) is 2.63. The SMILES string of the molecule is CCC(CC)(CC(=O)O)NC(=O)CCNC(=O)c1ccc(Br)cc1. The topological polar surface area (TPSA) is 95.5 Å². The third kappa shape index (κ3) is 6.31. The number of carbonyl (C=O) groups excluding carboxylic acids is 2. The summed E-state index contributed by atoms with van der Waals surface area (Å²) in [7, 11) is 0. The van der Waals surface area contributed by atoms with Crippen molar-refractivity contribution in [3.05, 3.63) is 34.3 Å². The van der Waals surface area contributed by atoms with Gasteiger partial charge in [-0.05, 0) is 37.1 Å². The van der Waals surface area contributed by atoms with Gasteiger partial charge in [-0.1, -0.05) is 29.8 Å². The second kappa shape index (κ2) is 9.42. The molecular weight excluding hydrogens is 376 g/mol. The van der Waals surface area contributed by atoms with Crippen molar-refractivity contribution in [2.24, 2.45) is 0 Å². The minimum Gasteiger partial charge on any atom is -0.481 e. The molecule has 7 heteroatoms. The molecule has 0 heterocycles. The van der Waals surface area contributed by atoms with Crippen LogP contribution in [-0.2, 0) is 9.59 Å². The quantitative estimate of drug-likeness (QED) is 0.595. The molecule has 3 N–H and O–H groups in total. The summed E-state index contributed by atoms with van der Waals surface area (Å²) in [5.41, 5.74) is -0.223. The van der Waals surface area contributed by atoms with Gasteiger partial charge in [0, 0.05) is 28.5 Å². The monoisotopic (exact) mass is 398 g/mol. The van der Waals surface area contributed by atoms with Crippen LogP contribution in [0.4, 0.5) is 0 Å². The molecule has 0 unspecified atom stereocenters. The molecule has 0 aliphatic carbocycles. The normalized spacial score (nSPS) is 11.0. The second-order valence-corrected chi connectivity index (χ2v) is 6.53. The number of hydrogen-bond donors (Lipinski definition) is 3. The van der Waals surface area contributed by atoms with Gasteiger partial charge in [0.15, 0.2) is 0 Å². The summed E-state index contributed by atoms with van der Waals surface area (Å²) in [6, 6.07) is 6.91. The first-order valence-corrected chi connectivity index (χ1v) is 8.67. The van der Waals surface area contributed by atoms with Gasteiger partial charge in [0.2, 0.25) is 5.91 Å². The number of halogens is 1. The Balaban J connectivity index is 2.48. The molecule has 0 radical (unpaired) electrons. The van der Waals surface area contributed by atoms with Gasteiger partial charge in [0.25, 0.3) is 5.91 Å². The Morgan fingerprint density at radius 1 is 1.12 bits per heavy atom. The smallest absolute Gasteiger partial charge is 0.305 e. The molecule has 0 spiro atoms. The number of hydrogen-bond acceptors (Lipinski definition) is 3. The number of benzene rings is 1. The van der Waals surface area contributed by atoms with Gasteiger partial charge in [-0.3, -0.25) is 14.4 Å². The average Bonchev–Trinajstić information content (AvgIpc) is 2.54. The van der Waals surface area contributed by atoms with Gasteiger partial charge in [-0.25, -0.2) is 0 Å². The minimum absolute atomic E-state index is 0.101. The Labute approximate surface area is 150 Å². The van der Waals surface area contributed by atoms with Crippen molar-refractivity contribution >= 4 is 33.7 Å². The molecule has 0 aliphatic rings. The van der Waals surface area contributed by atoms with Gasteiger partial charge < -0.3 is 15.7 Å². The highest BCUT2D eigenvalue weighted by molar-refractivity contribution is 9.10. The fraction of sp³-hybridized carbons (Fsp3) is 0.471. The molecule has 24 heavy (non-hydrogen) atoms. The highest BCUT2D eigenvalue weighted by Crippen LogP contribution is 2.20. The summed E-state index contributed by atoms with van der Waals surface area (Å²) in [6.45, 7) is 3.89. The number of aliphatic carboxylic acids is 1. The molecule has 2 amide bonds. The van der Waals surface area contributed by atoms with Crippen molar-refractivity contribution in [2.75, 3.05) is 6.54 Å². The van der Waals surface area contributed by atoms with Crippen LogP contribution in [0.5, 0.6) is 0 Å². The Hall–Kier alpha value is -1.89. The minimum atomic E-state index is -0.942. The zero-order chi connectivity index (χ0) is 18.2. The lowest BCUT2D eigenvalue weighted by Crippen LogP contribution is -2.49. The van der Waals surface area contributed by atoms with Crippen LogP contribution >= 0.6 is 15.9 Å². The number of nitrogens with one attached hydrogen (secondary N) is 2. The van der Waals surface area contributed by atoms with Gasteiger partial charge in [0.1, 0.15) is 0 Å². The molecule has 0 saturated heterocycles. The third-order valence-corrected chi connectivity index (χ3v) is 4.52. The molecule has 0 bridgehead atoms. The van der Waals surface area contributed by atoms with Crippen molar-refractivity contribution in [1.82, 2.24) is 10.6 Å². The van der Waals surface area contributed by atoms with Crippen LogP contribution < -0.4 is 10.6 Å². The number of rotatable bonds is 9. The lowest BCUT2D eigenvalue weighted by molar-refractivity contribution is -0.139. The Kier molecular flexibility index (Phi) is 7.91. The van der Waals surface area contributed by atoms with E-state index in [0.717, 1.165) is 4.47 Å². The van der Waals surface area contributed by atoms with Crippen LogP contribution in [0.1, 0.15) is 49.9 Å². The number of carbonyl (C=O) groups is 3. The second-order valence-electron chi connectivity index (χ2n) is 5.62.